The number of carbonyl (C=O) groups excluding carboxylic acids is 2. The van der Waals surface area contributed by atoms with E-state index in [0.717, 1.165) is 12.8 Å². The van der Waals surface area contributed by atoms with Crippen LogP contribution in [0.3, 0.4) is 0 Å². The molecule has 35 heavy (non-hydrogen) atoms. The van der Waals surface area contributed by atoms with Crippen molar-refractivity contribution >= 4 is 40.2 Å². The molecule has 184 valence electrons. The monoisotopic (exact) mass is 497 g/mol. The minimum atomic E-state index is -0.580. The van der Waals surface area contributed by atoms with Gasteiger partial charge >= 0.3 is 5.97 Å². The van der Waals surface area contributed by atoms with E-state index >= 15 is 0 Å². The number of nitrogens with zero attached hydrogens (tertiary/aromatic N) is 2. The lowest BCUT2D eigenvalue weighted by atomic mass is 10.1. The molecule has 10 heteroatoms. The van der Waals surface area contributed by atoms with E-state index in [9.17, 15) is 14.4 Å². The van der Waals surface area contributed by atoms with Gasteiger partial charge in [0, 0.05) is 6.61 Å². The second kappa shape index (κ2) is 10.9. The van der Waals surface area contributed by atoms with Crippen molar-refractivity contribution in [1.29, 1.82) is 0 Å². The molecule has 4 rings (SSSR count). The predicted molar refractivity (Wildman–Crippen MR) is 133 cm³/mol. The molecule has 9 nitrogen and oxygen atoms in total. The molecule has 1 amide bonds. The van der Waals surface area contributed by atoms with Gasteiger partial charge in [-0.15, -0.1) is 0 Å². The first-order chi connectivity index (χ1) is 16.9. The van der Waals surface area contributed by atoms with Crippen LogP contribution in [0.1, 0.15) is 30.1 Å². The molecule has 0 spiro atoms. The van der Waals surface area contributed by atoms with Crippen molar-refractivity contribution in [3.63, 3.8) is 0 Å². The molecule has 1 fully saturated rings. The molecule has 3 aromatic rings. The van der Waals surface area contributed by atoms with E-state index in [1.165, 1.54) is 32.0 Å². The van der Waals surface area contributed by atoms with E-state index in [4.69, 9.17) is 14.2 Å². The van der Waals surface area contributed by atoms with Gasteiger partial charge in [0.2, 0.25) is 5.91 Å². The fourth-order valence-corrected chi connectivity index (χ4v) is 4.80. The molecule has 1 aromatic heterocycles. The van der Waals surface area contributed by atoms with Crippen LogP contribution < -0.4 is 15.6 Å². The van der Waals surface area contributed by atoms with Crippen LogP contribution in [-0.2, 0) is 20.8 Å². The van der Waals surface area contributed by atoms with Crippen molar-refractivity contribution in [2.45, 2.75) is 42.8 Å². The van der Waals surface area contributed by atoms with Crippen molar-refractivity contribution in [3.05, 3.63) is 58.4 Å². The van der Waals surface area contributed by atoms with Crippen LogP contribution in [0.2, 0.25) is 0 Å². The number of amides is 1. The van der Waals surface area contributed by atoms with Gasteiger partial charge in [0.05, 0.1) is 54.3 Å². The van der Waals surface area contributed by atoms with Crippen LogP contribution in [0.5, 0.6) is 5.75 Å². The molecular formula is C25H27N3O6S. The van der Waals surface area contributed by atoms with Gasteiger partial charge in [0.1, 0.15) is 5.75 Å². The number of ether oxygens (including phenoxy) is 3. The number of benzene rings is 2. The highest BCUT2D eigenvalue weighted by Crippen LogP contribution is 2.28. The molecule has 0 aliphatic carbocycles. The summed E-state index contributed by atoms with van der Waals surface area (Å²) in [5.74, 6) is -0.232. The zero-order chi connectivity index (χ0) is 24.9. The molecule has 2 aromatic carbocycles. The molecule has 1 aliphatic rings. The van der Waals surface area contributed by atoms with Crippen molar-refractivity contribution in [1.82, 2.24) is 9.55 Å². The van der Waals surface area contributed by atoms with E-state index in [0.29, 0.717) is 46.2 Å². The minimum absolute atomic E-state index is 0.0987. The first-order valence-electron chi connectivity index (χ1n) is 11.3. The Balaban J connectivity index is 1.68. The summed E-state index contributed by atoms with van der Waals surface area (Å²) in [6, 6.07) is 11.8. The van der Waals surface area contributed by atoms with Gasteiger partial charge in [-0.05, 0) is 50.1 Å². The fraction of sp³-hybridized carbons (Fsp3) is 0.360. The Hall–Kier alpha value is -3.37. The van der Waals surface area contributed by atoms with Gasteiger partial charge in [-0.1, -0.05) is 23.9 Å². The fourth-order valence-electron chi connectivity index (χ4n) is 3.88. The highest BCUT2D eigenvalue weighted by atomic mass is 32.2. The first kappa shape index (κ1) is 24.7. The number of thioether (sulfide) groups is 1. The number of carbonyl (C=O) groups is 2. The van der Waals surface area contributed by atoms with E-state index in [2.05, 4.69) is 10.3 Å². The summed E-state index contributed by atoms with van der Waals surface area (Å²) in [5, 5.41) is 3.05. The van der Waals surface area contributed by atoms with Crippen molar-refractivity contribution in [2.24, 2.45) is 0 Å². The summed E-state index contributed by atoms with van der Waals surface area (Å²) in [7, 11) is 2.83. The van der Waals surface area contributed by atoms with Gasteiger partial charge in [-0.2, -0.15) is 0 Å². The molecule has 0 radical (unpaired) electrons. The van der Waals surface area contributed by atoms with Crippen molar-refractivity contribution in [2.75, 3.05) is 26.1 Å². The average Bonchev–Trinajstić information content (AvgIpc) is 3.39. The number of hydrogen-bond acceptors (Lipinski definition) is 8. The van der Waals surface area contributed by atoms with Crippen LogP contribution >= 0.6 is 11.8 Å². The van der Waals surface area contributed by atoms with Crippen LogP contribution in [0, 0.1) is 0 Å². The Kier molecular flexibility index (Phi) is 7.72. The largest absolute Gasteiger partial charge is 0.495 e. The number of esters is 1. The summed E-state index contributed by atoms with van der Waals surface area (Å²) < 4.78 is 17.4. The molecule has 2 atom stereocenters. The third-order valence-electron chi connectivity index (χ3n) is 5.77. The van der Waals surface area contributed by atoms with Gasteiger partial charge in [-0.3, -0.25) is 14.2 Å². The van der Waals surface area contributed by atoms with Crippen molar-refractivity contribution < 1.29 is 23.8 Å². The molecule has 1 N–H and O–H groups in total. The number of nitrogens with one attached hydrogen (secondary N) is 1. The normalized spacial score (nSPS) is 16.1. The van der Waals surface area contributed by atoms with Crippen LogP contribution in [0.25, 0.3) is 10.9 Å². The lowest BCUT2D eigenvalue weighted by Crippen LogP contribution is -2.30. The van der Waals surface area contributed by atoms with Gasteiger partial charge in [0.15, 0.2) is 5.16 Å². The molecule has 0 saturated carbocycles. The van der Waals surface area contributed by atoms with E-state index < -0.39 is 11.2 Å². The quantitative estimate of drug-likeness (QED) is 0.286. The molecule has 1 aliphatic heterocycles. The molecular weight excluding hydrogens is 470 g/mol. The Morgan fingerprint density at radius 3 is 2.77 bits per heavy atom. The lowest BCUT2D eigenvalue weighted by Gasteiger charge is -2.19. The summed E-state index contributed by atoms with van der Waals surface area (Å²) in [4.78, 5) is 43.1. The molecule has 2 heterocycles. The van der Waals surface area contributed by atoms with E-state index in [1.54, 1.807) is 41.8 Å². The maximum absolute atomic E-state index is 13.4. The summed E-state index contributed by atoms with van der Waals surface area (Å²) in [5.41, 5.74) is 0.961. The number of rotatable bonds is 8. The number of fused-ring (bicyclic) bond motifs is 1. The molecule has 0 bridgehead atoms. The average molecular weight is 498 g/mol. The maximum Gasteiger partial charge on any atom is 0.337 e. The Morgan fingerprint density at radius 1 is 1.26 bits per heavy atom. The molecule has 2 unspecified atom stereocenters. The van der Waals surface area contributed by atoms with Crippen LogP contribution in [0.15, 0.2) is 52.4 Å². The predicted octanol–water partition coefficient (Wildman–Crippen LogP) is 3.49. The van der Waals surface area contributed by atoms with Crippen LogP contribution in [-0.4, -0.2) is 53.6 Å². The Bertz CT molecular complexity index is 1300. The number of para-hydroxylation sites is 2. The number of anilines is 1. The van der Waals surface area contributed by atoms with E-state index in [-0.39, 0.29) is 17.6 Å². The summed E-state index contributed by atoms with van der Waals surface area (Å²) >= 11 is 1.17. The topological polar surface area (TPSA) is 109 Å². The second-order valence-electron chi connectivity index (χ2n) is 8.12. The van der Waals surface area contributed by atoms with Crippen molar-refractivity contribution in [3.8, 4) is 5.75 Å². The van der Waals surface area contributed by atoms with Crippen LogP contribution in [0.4, 0.5) is 5.69 Å². The van der Waals surface area contributed by atoms with E-state index in [1.807, 2.05) is 6.07 Å². The third-order valence-corrected chi connectivity index (χ3v) is 6.86. The second-order valence-corrected chi connectivity index (χ2v) is 9.43. The highest BCUT2D eigenvalue weighted by molar-refractivity contribution is 8.00. The number of aromatic nitrogens is 2. The maximum atomic E-state index is 13.4. The third kappa shape index (κ3) is 5.49. The zero-order valence-electron chi connectivity index (χ0n) is 19.8. The smallest absolute Gasteiger partial charge is 0.337 e. The standard InChI is InChI=1S/C25H27N3O6S/c1-15(22(29)26-19-8-4-5-9-21(19)32-2)35-25-27-20-13-16(24(31)33-3)10-11-18(20)23(30)28(25)14-17-7-6-12-34-17/h4-5,8-11,13,15,17H,6-7,12,14H2,1-3H3,(H,26,29). The summed E-state index contributed by atoms with van der Waals surface area (Å²) in [6.07, 6.45) is 1.68. The summed E-state index contributed by atoms with van der Waals surface area (Å²) in [6.45, 7) is 2.74. The Labute approximate surface area is 206 Å². The molecule has 1 saturated heterocycles. The number of methoxy groups -OCH3 is 2. The Morgan fingerprint density at radius 2 is 2.06 bits per heavy atom. The number of hydrogen-bond donors (Lipinski definition) is 1. The lowest BCUT2D eigenvalue weighted by molar-refractivity contribution is -0.115. The van der Waals surface area contributed by atoms with Gasteiger partial charge in [-0.25, -0.2) is 9.78 Å². The SMILES string of the molecule is COC(=O)c1ccc2c(=O)n(CC3CCCO3)c(SC(C)C(=O)Nc3ccccc3OC)nc2c1. The highest BCUT2D eigenvalue weighted by Gasteiger charge is 2.24. The zero-order valence-corrected chi connectivity index (χ0v) is 20.6. The first-order valence-corrected chi connectivity index (χ1v) is 12.1. The van der Waals surface area contributed by atoms with Gasteiger partial charge < -0.3 is 19.5 Å². The van der Waals surface area contributed by atoms with Gasteiger partial charge in [0.25, 0.3) is 5.56 Å². The minimum Gasteiger partial charge on any atom is -0.495 e.